The summed E-state index contributed by atoms with van der Waals surface area (Å²) in [6.45, 7) is 6.61. The molecule has 1 heterocycles. The van der Waals surface area contributed by atoms with Crippen molar-refractivity contribution < 1.29 is 4.74 Å². The topological polar surface area (TPSA) is 21.3 Å². The molecule has 2 atom stereocenters. The average molecular weight is 225 g/mol. The lowest BCUT2D eigenvalue weighted by atomic mass is 9.84. The average Bonchev–Trinajstić information content (AvgIpc) is 2.83. The van der Waals surface area contributed by atoms with Crippen LogP contribution in [0.15, 0.2) is 0 Å². The van der Waals surface area contributed by atoms with Gasteiger partial charge in [0.15, 0.2) is 0 Å². The van der Waals surface area contributed by atoms with E-state index in [4.69, 9.17) is 4.74 Å². The highest BCUT2D eigenvalue weighted by molar-refractivity contribution is 4.82. The Labute approximate surface area is 100 Å². The van der Waals surface area contributed by atoms with Gasteiger partial charge in [0.2, 0.25) is 0 Å². The van der Waals surface area contributed by atoms with E-state index in [0.29, 0.717) is 6.04 Å². The smallest absolute Gasteiger partial charge is 0.0509 e. The van der Waals surface area contributed by atoms with Gasteiger partial charge >= 0.3 is 0 Å². The Morgan fingerprint density at radius 3 is 2.50 bits per heavy atom. The molecule has 0 aromatic rings. The molecule has 2 aliphatic rings. The third-order valence-electron chi connectivity index (χ3n) is 4.59. The summed E-state index contributed by atoms with van der Waals surface area (Å²) in [5, 5.41) is 3.83. The van der Waals surface area contributed by atoms with Gasteiger partial charge in [-0.3, -0.25) is 0 Å². The predicted octanol–water partition coefficient (Wildman–Crippen LogP) is 2.97. The van der Waals surface area contributed by atoms with Crippen LogP contribution in [0.3, 0.4) is 0 Å². The molecule has 1 N–H and O–H groups in total. The van der Waals surface area contributed by atoms with Crippen molar-refractivity contribution in [2.45, 2.75) is 64.5 Å². The second-order valence-corrected chi connectivity index (χ2v) is 5.70. The molecular formula is C14H27NO. The normalized spacial score (nSPS) is 37.5. The number of hydrogen-bond donors (Lipinski definition) is 1. The van der Waals surface area contributed by atoms with Crippen molar-refractivity contribution in [2.24, 2.45) is 11.8 Å². The molecule has 0 spiro atoms. The minimum atomic E-state index is 0.644. The standard InChI is InChI=1S/C14H27NO/c1-3-12-4-6-14(7-5-12)15-11(2)13-8-9-16-10-13/h11-15H,3-10H2,1-2H3. The Hall–Kier alpha value is -0.0800. The molecule has 2 heteroatoms. The first-order valence-corrected chi connectivity index (χ1v) is 7.13. The summed E-state index contributed by atoms with van der Waals surface area (Å²) in [6, 6.07) is 1.42. The molecule has 2 nitrogen and oxygen atoms in total. The quantitative estimate of drug-likeness (QED) is 0.794. The molecule has 0 radical (unpaired) electrons. The Kier molecular flexibility index (Phi) is 4.66. The molecule has 1 saturated heterocycles. The fraction of sp³-hybridized carbons (Fsp3) is 1.00. The van der Waals surface area contributed by atoms with Crippen molar-refractivity contribution in [1.82, 2.24) is 5.32 Å². The zero-order valence-corrected chi connectivity index (χ0v) is 10.9. The summed E-state index contributed by atoms with van der Waals surface area (Å²) < 4.78 is 5.46. The summed E-state index contributed by atoms with van der Waals surface area (Å²) in [5.74, 6) is 1.76. The molecule has 0 aromatic carbocycles. The van der Waals surface area contributed by atoms with Crippen molar-refractivity contribution in [3.8, 4) is 0 Å². The molecule has 2 rings (SSSR count). The van der Waals surface area contributed by atoms with Crippen molar-refractivity contribution in [1.29, 1.82) is 0 Å². The van der Waals surface area contributed by atoms with Crippen molar-refractivity contribution in [3.63, 3.8) is 0 Å². The van der Waals surface area contributed by atoms with E-state index in [1.165, 1.54) is 38.5 Å². The van der Waals surface area contributed by atoms with Gasteiger partial charge in [0, 0.05) is 18.7 Å². The first-order chi connectivity index (χ1) is 7.79. The second-order valence-electron chi connectivity index (χ2n) is 5.70. The van der Waals surface area contributed by atoms with Crippen molar-refractivity contribution in [3.05, 3.63) is 0 Å². The van der Waals surface area contributed by atoms with Crippen LogP contribution in [0.2, 0.25) is 0 Å². The van der Waals surface area contributed by atoms with Crippen molar-refractivity contribution >= 4 is 0 Å². The summed E-state index contributed by atoms with van der Waals surface area (Å²) in [7, 11) is 0. The van der Waals surface area contributed by atoms with E-state index in [1.807, 2.05) is 0 Å². The molecule has 2 fully saturated rings. The molecule has 0 amide bonds. The maximum Gasteiger partial charge on any atom is 0.0509 e. The van der Waals surface area contributed by atoms with E-state index in [1.54, 1.807) is 0 Å². The lowest BCUT2D eigenvalue weighted by molar-refractivity contribution is 0.172. The molecular weight excluding hydrogens is 198 g/mol. The highest BCUT2D eigenvalue weighted by atomic mass is 16.5. The SMILES string of the molecule is CCC1CCC(NC(C)C2CCOC2)CC1. The first-order valence-electron chi connectivity index (χ1n) is 7.13. The maximum atomic E-state index is 5.46. The van der Waals surface area contributed by atoms with Gasteiger partial charge in [-0.05, 0) is 50.9 Å². The molecule has 2 unspecified atom stereocenters. The molecule has 0 aromatic heterocycles. The highest BCUT2D eigenvalue weighted by Crippen LogP contribution is 2.27. The van der Waals surface area contributed by atoms with Gasteiger partial charge in [0.05, 0.1) is 6.61 Å². The van der Waals surface area contributed by atoms with E-state index in [-0.39, 0.29) is 0 Å². The Morgan fingerprint density at radius 2 is 1.94 bits per heavy atom. The maximum absolute atomic E-state index is 5.46. The molecule has 1 aliphatic heterocycles. The molecule has 94 valence electrons. The highest BCUT2D eigenvalue weighted by Gasteiger charge is 2.26. The van der Waals surface area contributed by atoms with Crippen LogP contribution in [-0.4, -0.2) is 25.3 Å². The third-order valence-corrected chi connectivity index (χ3v) is 4.59. The van der Waals surface area contributed by atoms with Gasteiger partial charge < -0.3 is 10.1 Å². The van der Waals surface area contributed by atoms with E-state index in [9.17, 15) is 0 Å². The van der Waals surface area contributed by atoms with Gasteiger partial charge in [-0.1, -0.05) is 13.3 Å². The Morgan fingerprint density at radius 1 is 1.19 bits per heavy atom. The van der Waals surface area contributed by atoms with E-state index < -0.39 is 0 Å². The zero-order valence-electron chi connectivity index (χ0n) is 10.9. The number of hydrogen-bond acceptors (Lipinski definition) is 2. The molecule has 1 saturated carbocycles. The Balaban J connectivity index is 1.69. The summed E-state index contributed by atoms with van der Waals surface area (Å²) in [6.07, 6.45) is 8.26. The monoisotopic (exact) mass is 225 g/mol. The summed E-state index contributed by atoms with van der Waals surface area (Å²) in [4.78, 5) is 0. The first kappa shape index (κ1) is 12.4. The molecule has 16 heavy (non-hydrogen) atoms. The van der Waals surface area contributed by atoms with Crippen LogP contribution < -0.4 is 5.32 Å². The lowest BCUT2D eigenvalue weighted by Crippen LogP contribution is -2.42. The summed E-state index contributed by atoms with van der Waals surface area (Å²) in [5.41, 5.74) is 0. The van der Waals surface area contributed by atoms with Crippen LogP contribution in [0.4, 0.5) is 0 Å². The van der Waals surface area contributed by atoms with Gasteiger partial charge in [-0.2, -0.15) is 0 Å². The van der Waals surface area contributed by atoms with Crippen LogP contribution in [0.1, 0.15) is 52.4 Å². The van der Waals surface area contributed by atoms with Gasteiger partial charge in [0.25, 0.3) is 0 Å². The van der Waals surface area contributed by atoms with Crippen LogP contribution in [0.25, 0.3) is 0 Å². The number of ether oxygens (including phenoxy) is 1. The number of rotatable bonds is 4. The fourth-order valence-corrected chi connectivity index (χ4v) is 3.19. The summed E-state index contributed by atoms with van der Waals surface area (Å²) >= 11 is 0. The minimum Gasteiger partial charge on any atom is -0.381 e. The minimum absolute atomic E-state index is 0.644. The van der Waals surface area contributed by atoms with E-state index >= 15 is 0 Å². The second kappa shape index (κ2) is 6.02. The predicted molar refractivity (Wildman–Crippen MR) is 67.6 cm³/mol. The fourth-order valence-electron chi connectivity index (χ4n) is 3.19. The molecule has 1 aliphatic carbocycles. The van der Waals surface area contributed by atoms with Gasteiger partial charge in [-0.25, -0.2) is 0 Å². The zero-order chi connectivity index (χ0) is 11.4. The lowest BCUT2D eigenvalue weighted by Gasteiger charge is -2.32. The van der Waals surface area contributed by atoms with Gasteiger partial charge in [0.1, 0.15) is 0 Å². The largest absolute Gasteiger partial charge is 0.381 e. The van der Waals surface area contributed by atoms with E-state index in [2.05, 4.69) is 19.2 Å². The van der Waals surface area contributed by atoms with Crippen LogP contribution in [0, 0.1) is 11.8 Å². The van der Waals surface area contributed by atoms with Crippen LogP contribution in [0.5, 0.6) is 0 Å². The molecule has 0 bridgehead atoms. The van der Waals surface area contributed by atoms with Gasteiger partial charge in [-0.15, -0.1) is 0 Å². The van der Waals surface area contributed by atoms with E-state index in [0.717, 1.165) is 31.1 Å². The van der Waals surface area contributed by atoms with Crippen LogP contribution in [-0.2, 0) is 4.74 Å². The Bertz CT molecular complexity index is 193. The van der Waals surface area contributed by atoms with Crippen LogP contribution >= 0.6 is 0 Å². The number of nitrogens with one attached hydrogen (secondary N) is 1. The van der Waals surface area contributed by atoms with Crippen molar-refractivity contribution in [2.75, 3.05) is 13.2 Å². The third kappa shape index (κ3) is 3.21.